The molecule has 0 saturated heterocycles. The Morgan fingerprint density at radius 3 is 2.47 bits per heavy atom. The predicted molar refractivity (Wildman–Crippen MR) is 133 cm³/mol. The number of amides is 2. The third-order valence-electron chi connectivity index (χ3n) is 6.12. The maximum Gasteiger partial charge on any atom is 0.242 e. The Morgan fingerprint density at radius 1 is 1.09 bits per heavy atom. The zero-order valence-electron chi connectivity index (χ0n) is 19.0. The van der Waals surface area contributed by atoms with Crippen LogP contribution in [-0.2, 0) is 16.1 Å². The van der Waals surface area contributed by atoms with E-state index in [1.807, 2.05) is 62.4 Å². The second-order valence-corrected chi connectivity index (χ2v) is 10.1. The van der Waals surface area contributed by atoms with Crippen LogP contribution in [0.4, 0.5) is 0 Å². The van der Waals surface area contributed by atoms with Crippen molar-refractivity contribution in [1.29, 1.82) is 0 Å². The van der Waals surface area contributed by atoms with Crippen molar-refractivity contribution >= 4 is 35.2 Å². The molecule has 0 heterocycles. The van der Waals surface area contributed by atoms with Gasteiger partial charge in [0.1, 0.15) is 6.04 Å². The maximum absolute atomic E-state index is 13.3. The molecule has 4 nitrogen and oxygen atoms in total. The highest BCUT2D eigenvalue weighted by Gasteiger charge is 2.28. The average molecular weight is 473 g/mol. The molecule has 2 aromatic rings. The number of thioether (sulfide) groups is 1. The van der Waals surface area contributed by atoms with Crippen LogP contribution in [0.15, 0.2) is 53.4 Å². The molecule has 0 radical (unpaired) electrons. The highest BCUT2D eigenvalue weighted by molar-refractivity contribution is 7.99. The molecule has 2 aromatic carbocycles. The highest BCUT2D eigenvalue weighted by Crippen LogP contribution is 2.23. The van der Waals surface area contributed by atoms with Crippen molar-refractivity contribution in [3.8, 4) is 0 Å². The van der Waals surface area contributed by atoms with Gasteiger partial charge in [-0.05, 0) is 62.1 Å². The molecule has 1 N–H and O–H groups in total. The van der Waals surface area contributed by atoms with Crippen LogP contribution in [-0.4, -0.2) is 34.6 Å². The molecule has 0 aliphatic heterocycles. The second-order valence-electron chi connectivity index (χ2n) is 8.52. The fourth-order valence-electron chi connectivity index (χ4n) is 4.05. The van der Waals surface area contributed by atoms with Crippen molar-refractivity contribution in [2.75, 3.05) is 5.75 Å². The van der Waals surface area contributed by atoms with E-state index in [2.05, 4.69) is 5.32 Å². The SMILES string of the molecule is Cc1ccccc1CN(C(=O)CCSc1ccc(Cl)cc1)[C@@H](C)C(=O)NC1CCCCC1. The van der Waals surface area contributed by atoms with Gasteiger partial charge in [-0.1, -0.05) is 55.1 Å². The third-order valence-corrected chi connectivity index (χ3v) is 7.38. The van der Waals surface area contributed by atoms with E-state index in [0.717, 1.165) is 41.7 Å². The number of nitrogens with zero attached hydrogens (tertiary/aromatic N) is 1. The molecule has 0 aromatic heterocycles. The number of rotatable bonds is 9. The monoisotopic (exact) mass is 472 g/mol. The molecule has 1 atom stereocenters. The smallest absolute Gasteiger partial charge is 0.242 e. The zero-order valence-corrected chi connectivity index (χ0v) is 20.6. The van der Waals surface area contributed by atoms with Crippen LogP contribution in [0.3, 0.4) is 0 Å². The molecule has 2 amide bonds. The summed E-state index contributed by atoms with van der Waals surface area (Å²) in [6, 6.07) is 15.4. The number of hydrogen-bond acceptors (Lipinski definition) is 3. The molecular weight excluding hydrogens is 440 g/mol. The Hall–Kier alpha value is -1.98. The Morgan fingerprint density at radius 2 is 1.78 bits per heavy atom. The van der Waals surface area contributed by atoms with Gasteiger partial charge >= 0.3 is 0 Å². The van der Waals surface area contributed by atoms with E-state index in [-0.39, 0.29) is 17.9 Å². The number of halogens is 1. The van der Waals surface area contributed by atoms with Crippen molar-refractivity contribution in [2.45, 2.75) is 75.9 Å². The van der Waals surface area contributed by atoms with Crippen LogP contribution in [0, 0.1) is 6.92 Å². The van der Waals surface area contributed by atoms with Crippen LogP contribution in [0.2, 0.25) is 5.02 Å². The summed E-state index contributed by atoms with van der Waals surface area (Å²) in [5.41, 5.74) is 2.20. The summed E-state index contributed by atoms with van der Waals surface area (Å²) < 4.78 is 0. The minimum Gasteiger partial charge on any atom is -0.352 e. The van der Waals surface area contributed by atoms with E-state index < -0.39 is 6.04 Å². The van der Waals surface area contributed by atoms with Crippen LogP contribution in [0.1, 0.15) is 56.6 Å². The summed E-state index contributed by atoms with van der Waals surface area (Å²) in [5.74, 6) is 0.604. The minimum atomic E-state index is -0.510. The normalized spacial score (nSPS) is 15.2. The summed E-state index contributed by atoms with van der Waals surface area (Å²) >= 11 is 7.58. The number of aryl methyl sites for hydroxylation is 1. The Balaban J connectivity index is 1.65. The number of carbonyl (C=O) groups is 2. The Kier molecular flexibility index (Phi) is 9.49. The number of nitrogens with one attached hydrogen (secondary N) is 1. The van der Waals surface area contributed by atoms with Crippen molar-refractivity contribution < 1.29 is 9.59 Å². The lowest BCUT2D eigenvalue weighted by Gasteiger charge is -2.31. The summed E-state index contributed by atoms with van der Waals surface area (Å²) in [5, 5.41) is 3.89. The number of carbonyl (C=O) groups excluding carboxylic acids is 2. The van der Waals surface area contributed by atoms with E-state index in [1.165, 1.54) is 6.42 Å². The quantitative estimate of drug-likeness (QED) is 0.455. The van der Waals surface area contributed by atoms with Crippen molar-refractivity contribution in [3.63, 3.8) is 0 Å². The third kappa shape index (κ3) is 7.28. The number of hydrogen-bond donors (Lipinski definition) is 1. The molecule has 32 heavy (non-hydrogen) atoms. The summed E-state index contributed by atoms with van der Waals surface area (Å²) in [6.07, 6.45) is 6.00. The van der Waals surface area contributed by atoms with E-state index >= 15 is 0 Å². The molecular formula is C26H33ClN2O2S. The fourth-order valence-corrected chi connectivity index (χ4v) is 5.02. The lowest BCUT2D eigenvalue weighted by atomic mass is 9.95. The fraction of sp³-hybridized carbons (Fsp3) is 0.462. The predicted octanol–water partition coefficient (Wildman–Crippen LogP) is 6.00. The van der Waals surface area contributed by atoms with Gasteiger partial charge in [0.05, 0.1) is 0 Å². The Bertz CT molecular complexity index is 897. The van der Waals surface area contributed by atoms with Gasteiger partial charge in [-0.25, -0.2) is 0 Å². The molecule has 0 spiro atoms. The first-order valence-electron chi connectivity index (χ1n) is 11.5. The first kappa shape index (κ1) is 24.7. The molecule has 0 bridgehead atoms. The lowest BCUT2D eigenvalue weighted by molar-refractivity contribution is -0.140. The Labute approximate surface area is 201 Å². The number of benzene rings is 2. The van der Waals surface area contributed by atoms with Crippen molar-refractivity contribution in [1.82, 2.24) is 10.2 Å². The summed E-state index contributed by atoms with van der Waals surface area (Å²) in [6.45, 7) is 4.33. The standard InChI is InChI=1S/C26H33ClN2O2S/c1-19-8-6-7-9-21(19)18-29(20(2)26(31)28-23-10-4-3-5-11-23)25(30)16-17-32-24-14-12-22(27)13-15-24/h6-9,12-15,20,23H,3-5,10-11,16-18H2,1-2H3,(H,28,31)/t20-/m0/s1. The largest absolute Gasteiger partial charge is 0.352 e. The van der Waals surface area contributed by atoms with Gasteiger partial charge in [0.25, 0.3) is 0 Å². The molecule has 1 aliphatic carbocycles. The molecule has 6 heteroatoms. The molecule has 3 rings (SSSR count). The first-order valence-corrected chi connectivity index (χ1v) is 12.8. The first-order chi connectivity index (χ1) is 15.4. The lowest BCUT2D eigenvalue weighted by Crippen LogP contribution is -2.50. The molecule has 1 aliphatic rings. The van der Waals surface area contributed by atoms with Gasteiger partial charge in [0, 0.05) is 34.7 Å². The van der Waals surface area contributed by atoms with Crippen LogP contribution in [0.25, 0.3) is 0 Å². The topological polar surface area (TPSA) is 49.4 Å². The van der Waals surface area contributed by atoms with E-state index in [4.69, 9.17) is 11.6 Å². The summed E-state index contributed by atoms with van der Waals surface area (Å²) in [4.78, 5) is 29.1. The van der Waals surface area contributed by atoms with Crippen LogP contribution < -0.4 is 5.32 Å². The summed E-state index contributed by atoms with van der Waals surface area (Å²) in [7, 11) is 0. The van der Waals surface area contributed by atoms with Gasteiger partial charge in [0.15, 0.2) is 0 Å². The molecule has 1 fully saturated rings. The van der Waals surface area contributed by atoms with Crippen molar-refractivity contribution in [2.24, 2.45) is 0 Å². The van der Waals surface area contributed by atoms with Crippen LogP contribution in [0.5, 0.6) is 0 Å². The van der Waals surface area contributed by atoms with Gasteiger partial charge in [0.2, 0.25) is 11.8 Å². The van der Waals surface area contributed by atoms with Gasteiger partial charge < -0.3 is 10.2 Å². The second kappa shape index (κ2) is 12.3. The molecule has 172 valence electrons. The maximum atomic E-state index is 13.3. The van der Waals surface area contributed by atoms with E-state index in [1.54, 1.807) is 16.7 Å². The minimum absolute atomic E-state index is 0.000936. The van der Waals surface area contributed by atoms with Crippen LogP contribution >= 0.6 is 23.4 Å². The van der Waals surface area contributed by atoms with Gasteiger partial charge in [-0.2, -0.15) is 0 Å². The van der Waals surface area contributed by atoms with Crippen molar-refractivity contribution in [3.05, 3.63) is 64.7 Å². The van der Waals surface area contributed by atoms with E-state index in [0.29, 0.717) is 23.7 Å². The van der Waals surface area contributed by atoms with Gasteiger partial charge in [-0.3, -0.25) is 9.59 Å². The molecule has 0 unspecified atom stereocenters. The highest BCUT2D eigenvalue weighted by atomic mass is 35.5. The zero-order chi connectivity index (χ0) is 22.9. The molecule has 1 saturated carbocycles. The van der Waals surface area contributed by atoms with Gasteiger partial charge in [-0.15, -0.1) is 11.8 Å². The average Bonchev–Trinajstić information content (AvgIpc) is 2.80. The van der Waals surface area contributed by atoms with E-state index in [9.17, 15) is 9.59 Å².